The monoisotopic (exact) mass is 287 g/mol. The molecule has 0 aliphatic heterocycles. The molecule has 1 aromatic rings. The van der Waals surface area contributed by atoms with E-state index in [2.05, 4.69) is 5.32 Å². The van der Waals surface area contributed by atoms with Crippen LogP contribution in [0.1, 0.15) is 43.3 Å². The van der Waals surface area contributed by atoms with Crippen molar-refractivity contribution < 1.29 is 9.59 Å². The molecule has 1 heterocycles. The molecule has 0 aliphatic rings. The van der Waals surface area contributed by atoms with Crippen LogP contribution in [0, 0.1) is 5.92 Å². The number of ketones is 1. The summed E-state index contributed by atoms with van der Waals surface area (Å²) in [6, 6.07) is 3.52. The Morgan fingerprint density at radius 2 is 1.94 bits per heavy atom. The van der Waals surface area contributed by atoms with E-state index >= 15 is 0 Å². The Kier molecular flexibility index (Phi) is 5.82. The van der Waals surface area contributed by atoms with Gasteiger partial charge in [0, 0.05) is 18.9 Å². The molecule has 1 aromatic heterocycles. The van der Waals surface area contributed by atoms with Gasteiger partial charge in [0.25, 0.3) is 0 Å². The fourth-order valence-corrected chi connectivity index (χ4v) is 2.32. The first-order chi connectivity index (χ1) is 8.40. The van der Waals surface area contributed by atoms with Crippen molar-refractivity contribution in [1.29, 1.82) is 0 Å². The number of carbonyl (C=O) groups excluding carboxylic acids is 2. The topological polar surface area (TPSA) is 46.2 Å². The van der Waals surface area contributed by atoms with E-state index in [1.54, 1.807) is 12.1 Å². The molecule has 1 amide bonds. The Hall–Kier alpha value is -0.870. The molecule has 0 fully saturated rings. The number of halogens is 1. The maximum absolute atomic E-state index is 11.8. The van der Waals surface area contributed by atoms with Gasteiger partial charge in [0.2, 0.25) is 5.91 Å². The zero-order chi connectivity index (χ0) is 13.7. The molecule has 1 N–H and O–H groups in total. The van der Waals surface area contributed by atoms with Crippen molar-refractivity contribution in [2.24, 2.45) is 5.92 Å². The van der Waals surface area contributed by atoms with Crippen LogP contribution in [-0.2, 0) is 4.79 Å². The lowest BCUT2D eigenvalue weighted by molar-refractivity contribution is -0.121. The highest BCUT2D eigenvalue weighted by molar-refractivity contribution is 7.18. The summed E-state index contributed by atoms with van der Waals surface area (Å²) >= 11 is 7.01. The standard InChI is InChI=1S/C13H18ClNO2S/c1-8(2)9(3)15-13(17)7-4-10(16)11-5-6-12(14)18-11/h5-6,8-9H,4,7H2,1-3H3,(H,15,17). The van der Waals surface area contributed by atoms with Gasteiger partial charge in [-0.05, 0) is 25.0 Å². The lowest BCUT2D eigenvalue weighted by Crippen LogP contribution is -2.36. The molecule has 0 bridgehead atoms. The van der Waals surface area contributed by atoms with Gasteiger partial charge in [0.05, 0.1) is 9.21 Å². The average Bonchev–Trinajstić information content (AvgIpc) is 2.72. The number of nitrogens with one attached hydrogen (secondary N) is 1. The van der Waals surface area contributed by atoms with Crippen LogP contribution in [0.15, 0.2) is 12.1 Å². The first kappa shape index (κ1) is 15.2. The van der Waals surface area contributed by atoms with Crippen LogP contribution >= 0.6 is 22.9 Å². The van der Waals surface area contributed by atoms with Gasteiger partial charge in [-0.2, -0.15) is 0 Å². The van der Waals surface area contributed by atoms with E-state index in [0.717, 1.165) is 0 Å². The van der Waals surface area contributed by atoms with Crippen LogP contribution in [0.3, 0.4) is 0 Å². The van der Waals surface area contributed by atoms with Crippen LogP contribution in [-0.4, -0.2) is 17.7 Å². The number of hydrogen-bond donors (Lipinski definition) is 1. The van der Waals surface area contributed by atoms with Crippen molar-refractivity contribution >= 4 is 34.6 Å². The number of hydrogen-bond acceptors (Lipinski definition) is 3. The Bertz CT molecular complexity index is 428. The molecule has 5 heteroatoms. The fourth-order valence-electron chi connectivity index (χ4n) is 1.31. The third-order valence-corrected chi connectivity index (χ3v) is 4.09. The molecule has 0 spiro atoms. The summed E-state index contributed by atoms with van der Waals surface area (Å²) < 4.78 is 0.594. The van der Waals surface area contributed by atoms with E-state index < -0.39 is 0 Å². The van der Waals surface area contributed by atoms with Crippen LogP contribution in [0.5, 0.6) is 0 Å². The number of thiophene rings is 1. The van der Waals surface area contributed by atoms with E-state index in [-0.39, 0.29) is 30.6 Å². The highest BCUT2D eigenvalue weighted by Gasteiger charge is 2.14. The number of amides is 1. The second-order valence-corrected chi connectivity index (χ2v) is 6.34. The predicted molar refractivity (Wildman–Crippen MR) is 75.3 cm³/mol. The van der Waals surface area contributed by atoms with E-state index in [0.29, 0.717) is 15.1 Å². The molecule has 0 aliphatic carbocycles. The highest BCUT2D eigenvalue weighted by Crippen LogP contribution is 2.22. The predicted octanol–water partition coefficient (Wildman–Crippen LogP) is 3.53. The molecule has 0 radical (unpaired) electrons. The largest absolute Gasteiger partial charge is 0.353 e. The minimum Gasteiger partial charge on any atom is -0.353 e. The molecule has 0 aromatic carbocycles. The zero-order valence-corrected chi connectivity index (χ0v) is 12.4. The second-order valence-electron chi connectivity index (χ2n) is 4.63. The van der Waals surface area contributed by atoms with Crippen molar-refractivity contribution in [1.82, 2.24) is 5.32 Å². The molecule has 1 atom stereocenters. The molecule has 1 unspecified atom stereocenters. The first-order valence-electron chi connectivity index (χ1n) is 5.98. The van der Waals surface area contributed by atoms with Crippen molar-refractivity contribution in [3.63, 3.8) is 0 Å². The Morgan fingerprint density at radius 3 is 2.44 bits per heavy atom. The van der Waals surface area contributed by atoms with Crippen molar-refractivity contribution in [3.05, 3.63) is 21.3 Å². The zero-order valence-electron chi connectivity index (χ0n) is 10.8. The van der Waals surface area contributed by atoms with Crippen LogP contribution in [0.2, 0.25) is 4.34 Å². The Morgan fingerprint density at radius 1 is 1.28 bits per heavy atom. The normalized spacial score (nSPS) is 12.5. The van der Waals surface area contributed by atoms with E-state index in [4.69, 9.17) is 11.6 Å². The summed E-state index contributed by atoms with van der Waals surface area (Å²) in [4.78, 5) is 24.0. The summed E-state index contributed by atoms with van der Waals surface area (Å²) in [5, 5.41) is 2.88. The second kappa shape index (κ2) is 6.90. The van der Waals surface area contributed by atoms with Crippen molar-refractivity contribution in [2.75, 3.05) is 0 Å². The van der Waals surface area contributed by atoms with E-state index in [9.17, 15) is 9.59 Å². The van der Waals surface area contributed by atoms with Crippen molar-refractivity contribution in [3.8, 4) is 0 Å². The van der Waals surface area contributed by atoms with Crippen LogP contribution in [0.4, 0.5) is 0 Å². The van der Waals surface area contributed by atoms with Gasteiger partial charge in [-0.1, -0.05) is 25.4 Å². The van der Waals surface area contributed by atoms with E-state index in [1.165, 1.54) is 11.3 Å². The summed E-state index contributed by atoms with van der Waals surface area (Å²) in [5.41, 5.74) is 0. The fraction of sp³-hybridized carbons (Fsp3) is 0.538. The minimum absolute atomic E-state index is 0.0285. The number of rotatable bonds is 6. The minimum atomic E-state index is -0.0767. The van der Waals surface area contributed by atoms with Gasteiger partial charge in [-0.3, -0.25) is 9.59 Å². The average molecular weight is 288 g/mol. The van der Waals surface area contributed by atoms with Crippen LogP contribution in [0.25, 0.3) is 0 Å². The molecule has 1 rings (SSSR count). The lowest BCUT2D eigenvalue weighted by Gasteiger charge is -2.17. The summed E-state index contributed by atoms with van der Waals surface area (Å²) in [7, 11) is 0. The summed E-state index contributed by atoms with van der Waals surface area (Å²) in [6.45, 7) is 6.05. The Labute approximate surface area is 117 Å². The molecular formula is C13H18ClNO2S. The molecule has 100 valence electrons. The maximum Gasteiger partial charge on any atom is 0.220 e. The molecule has 0 saturated heterocycles. The third kappa shape index (κ3) is 4.78. The Balaban J connectivity index is 2.37. The SMILES string of the molecule is CC(C)C(C)NC(=O)CCC(=O)c1ccc(Cl)s1. The van der Waals surface area contributed by atoms with Gasteiger partial charge < -0.3 is 5.32 Å². The number of carbonyl (C=O) groups is 2. The molecular weight excluding hydrogens is 270 g/mol. The van der Waals surface area contributed by atoms with Crippen molar-refractivity contribution in [2.45, 2.75) is 39.7 Å². The van der Waals surface area contributed by atoms with Crippen LogP contribution < -0.4 is 5.32 Å². The van der Waals surface area contributed by atoms with E-state index in [1.807, 2.05) is 20.8 Å². The van der Waals surface area contributed by atoms with Gasteiger partial charge in [0.15, 0.2) is 5.78 Å². The summed E-state index contributed by atoms with van der Waals surface area (Å²) in [6.07, 6.45) is 0.457. The van der Waals surface area contributed by atoms with Gasteiger partial charge in [0.1, 0.15) is 0 Å². The smallest absolute Gasteiger partial charge is 0.220 e. The molecule has 0 saturated carbocycles. The highest BCUT2D eigenvalue weighted by atomic mass is 35.5. The third-order valence-electron chi connectivity index (χ3n) is 2.82. The lowest BCUT2D eigenvalue weighted by atomic mass is 10.1. The quantitative estimate of drug-likeness (QED) is 0.814. The number of Topliss-reactive ketones (excluding diaryl/α,β-unsaturated/α-hetero) is 1. The molecule has 3 nitrogen and oxygen atoms in total. The first-order valence-corrected chi connectivity index (χ1v) is 7.17. The molecule has 18 heavy (non-hydrogen) atoms. The maximum atomic E-state index is 11.8. The summed E-state index contributed by atoms with van der Waals surface area (Å²) in [5.74, 6) is 0.284. The van der Waals surface area contributed by atoms with Gasteiger partial charge in [-0.25, -0.2) is 0 Å². The van der Waals surface area contributed by atoms with Gasteiger partial charge >= 0.3 is 0 Å². The van der Waals surface area contributed by atoms with Gasteiger partial charge in [-0.15, -0.1) is 11.3 Å².